The van der Waals surface area contributed by atoms with E-state index in [1.807, 2.05) is 0 Å². The summed E-state index contributed by atoms with van der Waals surface area (Å²) in [6.45, 7) is 0. The molecule has 0 spiro atoms. The van der Waals surface area contributed by atoms with Gasteiger partial charge in [0.25, 0.3) is 0 Å². The Morgan fingerprint density at radius 1 is 0.233 bits per heavy atom. The number of para-hydroxylation sites is 2. The number of nitrogens with zero attached hydrogens (tertiary/aromatic N) is 5. The summed E-state index contributed by atoms with van der Waals surface area (Å²) in [5, 5.41) is 1.43. The van der Waals surface area contributed by atoms with Gasteiger partial charge in [-0.25, -0.2) is 15.0 Å². The van der Waals surface area contributed by atoms with Crippen LogP contribution in [0.1, 0.15) is 33.4 Å². The van der Waals surface area contributed by atoms with Gasteiger partial charge in [0, 0.05) is 38.2 Å². The van der Waals surface area contributed by atoms with Crippen molar-refractivity contribution in [3.05, 3.63) is 221 Å². The molecule has 0 aliphatic carbocycles. The van der Waals surface area contributed by atoms with Crippen LogP contribution in [-0.2, 0) is 37.1 Å². The Morgan fingerprint density at radius 3 is 0.919 bits per heavy atom. The molecular formula is C63H31F18N5. The van der Waals surface area contributed by atoms with E-state index in [0.29, 0.717) is 70.1 Å². The van der Waals surface area contributed by atoms with Crippen LogP contribution in [0.5, 0.6) is 0 Å². The first-order valence-electron chi connectivity index (χ1n) is 25.3. The molecule has 0 aliphatic heterocycles. The lowest BCUT2D eigenvalue weighted by Crippen LogP contribution is -2.11. The fraction of sp³-hybridized carbons (Fsp3) is 0.0952. The van der Waals surface area contributed by atoms with Gasteiger partial charge in [-0.05, 0) is 119 Å². The van der Waals surface area contributed by atoms with E-state index in [0.717, 1.165) is 12.1 Å². The van der Waals surface area contributed by atoms with Crippen molar-refractivity contribution in [2.75, 3.05) is 0 Å². The molecule has 0 fully saturated rings. The van der Waals surface area contributed by atoms with Crippen molar-refractivity contribution >= 4 is 43.6 Å². The third-order valence-electron chi connectivity index (χ3n) is 14.5. The first-order valence-corrected chi connectivity index (χ1v) is 25.3. The van der Waals surface area contributed by atoms with Crippen LogP contribution >= 0.6 is 0 Å². The predicted octanol–water partition coefficient (Wildman–Crippen LogP) is 20.5. The van der Waals surface area contributed by atoms with Crippen molar-refractivity contribution in [3.63, 3.8) is 0 Å². The molecule has 0 aliphatic rings. The maximum atomic E-state index is 15.1. The second kappa shape index (κ2) is 20.0. The van der Waals surface area contributed by atoms with Gasteiger partial charge in [0.2, 0.25) is 0 Å². The van der Waals surface area contributed by atoms with Gasteiger partial charge < -0.3 is 9.13 Å². The second-order valence-electron chi connectivity index (χ2n) is 19.9. The third-order valence-corrected chi connectivity index (χ3v) is 14.5. The number of fused-ring (bicyclic) bond motifs is 6. The molecule has 5 nitrogen and oxygen atoms in total. The fourth-order valence-electron chi connectivity index (χ4n) is 10.6. The van der Waals surface area contributed by atoms with Crippen LogP contribution in [0.25, 0.3) is 111 Å². The Bertz CT molecular complexity index is 4340. The maximum absolute atomic E-state index is 15.1. The molecule has 0 saturated carbocycles. The first kappa shape index (κ1) is 56.8. The van der Waals surface area contributed by atoms with Crippen LogP contribution in [0, 0.1) is 0 Å². The molecule has 9 aromatic carbocycles. The number of halogens is 18. The number of hydrogen-bond acceptors (Lipinski definition) is 3. The quantitative estimate of drug-likeness (QED) is 0.149. The van der Waals surface area contributed by atoms with E-state index < -0.39 is 104 Å². The predicted molar refractivity (Wildman–Crippen MR) is 286 cm³/mol. The molecule has 0 radical (unpaired) electrons. The average molecular weight is 1200 g/mol. The first-order chi connectivity index (χ1) is 40.4. The van der Waals surface area contributed by atoms with Crippen molar-refractivity contribution in [2.45, 2.75) is 37.1 Å². The summed E-state index contributed by atoms with van der Waals surface area (Å²) in [5.74, 6) is -1.54. The van der Waals surface area contributed by atoms with Crippen LogP contribution in [0.3, 0.4) is 0 Å². The van der Waals surface area contributed by atoms with Crippen LogP contribution in [0.4, 0.5) is 79.0 Å². The molecule has 12 rings (SSSR count). The zero-order valence-electron chi connectivity index (χ0n) is 42.9. The summed E-state index contributed by atoms with van der Waals surface area (Å²) < 4.78 is 264. The minimum atomic E-state index is -5.24. The lowest BCUT2D eigenvalue weighted by atomic mass is 9.98. The van der Waals surface area contributed by atoms with Crippen LogP contribution in [0.2, 0.25) is 0 Å². The summed E-state index contributed by atoms with van der Waals surface area (Å²) in [4.78, 5) is 13.9. The highest BCUT2D eigenvalue weighted by molar-refractivity contribution is 6.12. The van der Waals surface area contributed by atoms with Gasteiger partial charge in [-0.2, -0.15) is 79.0 Å². The number of aromatic nitrogens is 5. The van der Waals surface area contributed by atoms with E-state index in [9.17, 15) is 52.7 Å². The van der Waals surface area contributed by atoms with Crippen LogP contribution in [0.15, 0.2) is 188 Å². The van der Waals surface area contributed by atoms with Crippen LogP contribution < -0.4 is 0 Å². The van der Waals surface area contributed by atoms with Gasteiger partial charge in [0.15, 0.2) is 17.5 Å². The van der Waals surface area contributed by atoms with Crippen molar-refractivity contribution in [3.8, 4) is 67.8 Å². The molecule has 0 atom stereocenters. The Balaban J connectivity index is 1.14. The second-order valence-corrected chi connectivity index (χ2v) is 19.9. The zero-order valence-corrected chi connectivity index (χ0v) is 42.9. The van der Waals surface area contributed by atoms with Gasteiger partial charge in [-0.15, -0.1) is 0 Å². The number of benzene rings is 9. The highest BCUT2D eigenvalue weighted by Gasteiger charge is 2.40. The molecule has 434 valence electrons. The normalized spacial score (nSPS) is 13.0. The summed E-state index contributed by atoms with van der Waals surface area (Å²) in [7, 11) is 0. The Morgan fingerprint density at radius 2 is 0.558 bits per heavy atom. The molecule has 12 aromatic rings. The molecule has 23 heteroatoms. The van der Waals surface area contributed by atoms with Crippen molar-refractivity contribution < 1.29 is 79.0 Å². The highest BCUT2D eigenvalue weighted by Crippen LogP contribution is 2.46. The van der Waals surface area contributed by atoms with Gasteiger partial charge in [-0.3, -0.25) is 0 Å². The summed E-state index contributed by atoms with van der Waals surface area (Å²) in [5.41, 5.74) is -11.1. The highest BCUT2D eigenvalue weighted by atomic mass is 19.4. The molecule has 0 saturated heterocycles. The van der Waals surface area contributed by atoms with Crippen molar-refractivity contribution in [1.29, 1.82) is 0 Å². The zero-order chi connectivity index (χ0) is 61.2. The number of hydrogen-bond donors (Lipinski definition) is 0. The Hall–Kier alpha value is -9.67. The van der Waals surface area contributed by atoms with Gasteiger partial charge in [0.05, 0.1) is 66.8 Å². The molecular weight excluding hydrogens is 1170 g/mol. The largest absolute Gasteiger partial charge is 0.416 e. The molecule has 0 N–H and O–H groups in total. The van der Waals surface area contributed by atoms with Gasteiger partial charge in [0.1, 0.15) is 0 Å². The Kier molecular flexibility index (Phi) is 13.2. The van der Waals surface area contributed by atoms with Crippen molar-refractivity contribution in [1.82, 2.24) is 24.1 Å². The minimum Gasteiger partial charge on any atom is -0.308 e. The topological polar surface area (TPSA) is 48.5 Å². The Labute approximate surface area is 471 Å². The lowest BCUT2D eigenvalue weighted by Gasteiger charge is -2.19. The monoisotopic (exact) mass is 1200 g/mol. The number of rotatable bonds is 7. The van der Waals surface area contributed by atoms with E-state index in [1.165, 1.54) is 81.9 Å². The molecule has 3 aromatic heterocycles. The lowest BCUT2D eigenvalue weighted by molar-refractivity contribution is -0.144. The standard InChI is InChI=1S/C63H31F18N5/c64-58(65,66)37-16-20-51(85-49-12-6-4-10-43(49)45-18-14-33(26-53(45)85)35-22-39(60(70,71)72)28-40(23-35)61(73,74)75)47(30-37)56-82-55(32-8-2-1-3-9-32)83-57(84-56)48-31-38(59(67,68)69)17-21-52(48)86-50-13-7-5-11-44(50)46-19-15-34(27-54(46)86)36-24-41(62(76,77)78)29-42(25-36)63(79,80)81/h1-31H. The van der Waals surface area contributed by atoms with Crippen LogP contribution in [-0.4, -0.2) is 24.1 Å². The summed E-state index contributed by atoms with van der Waals surface area (Å²) >= 11 is 0. The fourth-order valence-corrected chi connectivity index (χ4v) is 10.6. The SMILES string of the molecule is FC(F)(F)c1cc(-c2ccc3c4ccccc4n(-c4ccc(C(F)(F)F)cc4-c4nc(-c5ccccc5)nc(-c5cc(C(F)(F)F)ccc5-n5c6ccccc6c6ccc(-c7cc(C(F)(F)F)cc(C(F)(F)F)c7)cc65)n4)c3c2)cc(C(F)(F)F)c1. The maximum Gasteiger partial charge on any atom is 0.416 e. The smallest absolute Gasteiger partial charge is 0.308 e. The van der Waals surface area contributed by atoms with E-state index >= 15 is 26.3 Å². The van der Waals surface area contributed by atoms with Gasteiger partial charge in [-0.1, -0.05) is 91.0 Å². The minimum absolute atomic E-state index is 0.0407. The summed E-state index contributed by atoms with van der Waals surface area (Å²) in [6, 6.07) is 34.6. The molecule has 3 heterocycles. The third kappa shape index (κ3) is 10.4. The molecule has 0 unspecified atom stereocenters. The van der Waals surface area contributed by atoms with Crippen molar-refractivity contribution in [2.24, 2.45) is 0 Å². The number of alkyl halides is 18. The van der Waals surface area contributed by atoms with Gasteiger partial charge >= 0.3 is 37.1 Å². The van der Waals surface area contributed by atoms with E-state index in [1.54, 1.807) is 42.5 Å². The average Bonchev–Trinajstić information content (AvgIpc) is 1.60. The molecule has 0 bridgehead atoms. The summed E-state index contributed by atoms with van der Waals surface area (Å²) in [6.07, 6.45) is -31.2. The molecule has 0 amide bonds. The van der Waals surface area contributed by atoms with E-state index in [2.05, 4.69) is 15.0 Å². The van der Waals surface area contributed by atoms with E-state index in [-0.39, 0.29) is 68.1 Å². The molecule has 86 heavy (non-hydrogen) atoms. The van der Waals surface area contributed by atoms with E-state index in [4.69, 9.17) is 0 Å².